The van der Waals surface area contributed by atoms with E-state index in [1.165, 1.54) is 0 Å². The number of nitrogens with zero attached hydrogens (tertiary/aromatic N) is 2. The van der Waals surface area contributed by atoms with Gasteiger partial charge in [0, 0.05) is 25.5 Å². The summed E-state index contributed by atoms with van der Waals surface area (Å²) in [5.74, 6) is 1.43. The van der Waals surface area contributed by atoms with E-state index in [-0.39, 0.29) is 18.7 Å². The fourth-order valence-corrected chi connectivity index (χ4v) is 2.31. The van der Waals surface area contributed by atoms with E-state index >= 15 is 0 Å². The van der Waals surface area contributed by atoms with E-state index in [0.29, 0.717) is 13.1 Å². The van der Waals surface area contributed by atoms with Gasteiger partial charge in [0.15, 0.2) is 11.5 Å². The lowest BCUT2D eigenvalue weighted by Gasteiger charge is -2.14. The average molecular weight is 316 g/mol. The van der Waals surface area contributed by atoms with E-state index in [9.17, 15) is 4.79 Å². The molecule has 1 aromatic carbocycles. The molecule has 0 spiro atoms. The van der Waals surface area contributed by atoms with Crippen LogP contribution in [0, 0.1) is 0 Å². The van der Waals surface area contributed by atoms with Crippen LogP contribution < -0.4 is 20.1 Å². The van der Waals surface area contributed by atoms with Gasteiger partial charge in [-0.3, -0.25) is 9.48 Å². The molecule has 0 radical (unpaired) electrons. The Balaban J connectivity index is 1.41. The summed E-state index contributed by atoms with van der Waals surface area (Å²) in [5.41, 5.74) is 0.978. The zero-order valence-corrected chi connectivity index (χ0v) is 13.0. The largest absolute Gasteiger partial charge is 0.454 e. The summed E-state index contributed by atoms with van der Waals surface area (Å²) >= 11 is 0. The SMILES string of the molecule is C[C@H](NCCn1cccn1)C(=O)NCc1ccc2c(c1)OCO2. The fraction of sp³-hybridized carbons (Fsp3) is 0.375. The van der Waals surface area contributed by atoms with Crippen molar-refractivity contribution in [3.8, 4) is 11.5 Å². The van der Waals surface area contributed by atoms with Crippen LogP contribution in [0.4, 0.5) is 0 Å². The van der Waals surface area contributed by atoms with Crippen molar-refractivity contribution >= 4 is 5.91 Å². The summed E-state index contributed by atoms with van der Waals surface area (Å²) < 4.78 is 12.4. The molecule has 23 heavy (non-hydrogen) atoms. The maximum atomic E-state index is 12.1. The van der Waals surface area contributed by atoms with Gasteiger partial charge >= 0.3 is 0 Å². The van der Waals surface area contributed by atoms with E-state index in [2.05, 4.69) is 15.7 Å². The Labute approximate surface area is 134 Å². The molecular formula is C16H20N4O3. The Morgan fingerprint density at radius 1 is 1.39 bits per heavy atom. The Kier molecular flexibility index (Phi) is 4.77. The molecule has 1 aliphatic rings. The van der Waals surface area contributed by atoms with Crippen molar-refractivity contribution in [3.05, 3.63) is 42.2 Å². The first kappa shape index (κ1) is 15.4. The number of fused-ring (bicyclic) bond motifs is 1. The molecule has 0 unspecified atom stereocenters. The summed E-state index contributed by atoms with van der Waals surface area (Å²) in [7, 11) is 0. The number of carbonyl (C=O) groups is 1. The van der Waals surface area contributed by atoms with Crippen molar-refractivity contribution < 1.29 is 14.3 Å². The maximum Gasteiger partial charge on any atom is 0.237 e. The highest BCUT2D eigenvalue weighted by Crippen LogP contribution is 2.32. The van der Waals surface area contributed by atoms with Crippen molar-refractivity contribution in [1.29, 1.82) is 0 Å². The summed E-state index contributed by atoms with van der Waals surface area (Å²) in [6, 6.07) is 7.28. The third-order valence-corrected chi connectivity index (χ3v) is 3.65. The molecule has 1 aliphatic heterocycles. The van der Waals surface area contributed by atoms with Crippen LogP contribution in [-0.4, -0.2) is 35.1 Å². The topological polar surface area (TPSA) is 77.4 Å². The van der Waals surface area contributed by atoms with Gasteiger partial charge in [0.2, 0.25) is 12.7 Å². The zero-order valence-electron chi connectivity index (χ0n) is 13.0. The van der Waals surface area contributed by atoms with Crippen molar-refractivity contribution in [2.75, 3.05) is 13.3 Å². The first-order valence-electron chi connectivity index (χ1n) is 7.59. The van der Waals surface area contributed by atoms with Crippen molar-refractivity contribution in [3.63, 3.8) is 0 Å². The van der Waals surface area contributed by atoms with Crippen molar-refractivity contribution in [2.24, 2.45) is 0 Å². The number of amides is 1. The van der Waals surface area contributed by atoms with Gasteiger partial charge in [-0.1, -0.05) is 6.07 Å². The predicted molar refractivity (Wildman–Crippen MR) is 84.1 cm³/mol. The molecule has 0 bridgehead atoms. The van der Waals surface area contributed by atoms with Crippen LogP contribution in [0.25, 0.3) is 0 Å². The highest BCUT2D eigenvalue weighted by Gasteiger charge is 2.15. The molecule has 0 aliphatic carbocycles. The van der Waals surface area contributed by atoms with Gasteiger partial charge in [-0.05, 0) is 30.7 Å². The summed E-state index contributed by atoms with van der Waals surface area (Å²) in [6.07, 6.45) is 3.63. The molecule has 7 nitrogen and oxygen atoms in total. The van der Waals surface area contributed by atoms with Crippen LogP contribution in [0.15, 0.2) is 36.7 Å². The fourth-order valence-electron chi connectivity index (χ4n) is 2.31. The van der Waals surface area contributed by atoms with Gasteiger partial charge in [-0.25, -0.2) is 0 Å². The summed E-state index contributed by atoms with van der Waals surface area (Å²) in [6.45, 7) is 3.97. The highest BCUT2D eigenvalue weighted by molar-refractivity contribution is 5.81. The van der Waals surface area contributed by atoms with Crippen LogP contribution in [0.1, 0.15) is 12.5 Å². The molecular weight excluding hydrogens is 296 g/mol. The monoisotopic (exact) mass is 316 g/mol. The predicted octanol–water partition coefficient (Wildman–Crippen LogP) is 0.906. The standard InChI is InChI=1S/C16H20N4O3/c1-12(17-6-8-20-7-2-5-19-20)16(21)18-10-13-3-4-14-15(9-13)23-11-22-14/h2-5,7,9,12,17H,6,8,10-11H2,1H3,(H,18,21)/t12-/m0/s1. The molecule has 1 aromatic heterocycles. The third-order valence-electron chi connectivity index (χ3n) is 3.65. The number of aromatic nitrogens is 2. The number of benzene rings is 1. The molecule has 3 rings (SSSR count). The summed E-state index contributed by atoms with van der Waals surface area (Å²) in [5, 5.41) is 10.2. The zero-order chi connectivity index (χ0) is 16.1. The molecule has 7 heteroatoms. The second-order valence-electron chi connectivity index (χ2n) is 5.35. The number of hydrogen-bond donors (Lipinski definition) is 2. The van der Waals surface area contributed by atoms with E-state index in [1.54, 1.807) is 6.20 Å². The van der Waals surface area contributed by atoms with E-state index in [4.69, 9.17) is 9.47 Å². The number of ether oxygens (including phenoxy) is 2. The van der Waals surface area contributed by atoms with Crippen LogP contribution in [0.3, 0.4) is 0 Å². The van der Waals surface area contributed by atoms with E-state index < -0.39 is 0 Å². The smallest absolute Gasteiger partial charge is 0.237 e. The first-order valence-corrected chi connectivity index (χ1v) is 7.59. The average Bonchev–Trinajstić information content (AvgIpc) is 3.23. The normalized spacial score (nSPS) is 13.8. The Morgan fingerprint density at radius 3 is 3.09 bits per heavy atom. The lowest BCUT2D eigenvalue weighted by atomic mass is 10.2. The number of nitrogens with one attached hydrogen (secondary N) is 2. The van der Waals surface area contributed by atoms with Crippen LogP contribution in [0.5, 0.6) is 11.5 Å². The molecule has 0 fully saturated rings. The molecule has 122 valence electrons. The minimum Gasteiger partial charge on any atom is -0.454 e. The quantitative estimate of drug-likeness (QED) is 0.794. The second kappa shape index (κ2) is 7.15. The number of carbonyl (C=O) groups excluding carboxylic acids is 1. The lowest BCUT2D eigenvalue weighted by molar-refractivity contribution is -0.122. The van der Waals surface area contributed by atoms with Gasteiger partial charge in [0.1, 0.15) is 0 Å². The molecule has 2 heterocycles. The van der Waals surface area contributed by atoms with Crippen LogP contribution in [0.2, 0.25) is 0 Å². The molecule has 1 atom stereocenters. The Hall–Kier alpha value is -2.54. The number of rotatable bonds is 7. The molecule has 0 saturated carbocycles. The lowest BCUT2D eigenvalue weighted by Crippen LogP contribution is -2.42. The molecule has 2 aromatic rings. The third kappa shape index (κ3) is 4.01. The minimum atomic E-state index is -0.264. The van der Waals surface area contributed by atoms with Gasteiger partial charge in [-0.15, -0.1) is 0 Å². The van der Waals surface area contributed by atoms with Crippen molar-refractivity contribution in [1.82, 2.24) is 20.4 Å². The molecule has 2 N–H and O–H groups in total. The first-order chi connectivity index (χ1) is 11.2. The van der Waals surface area contributed by atoms with Crippen molar-refractivity contribution in [2.45, 2.75) is 26.1 Å². The maximum absolute atomic E-state index is 12.1. The highest BCUT2D eigenvalue weighted by atomic mass is 16.7. The number of hydrogen-bond acceptors (Lipinski definition) is 5. The molecule has 0 saturated heterocycles. The van der Waals surface area contributed by atoms with Gasteiger partial charge in [0.05, 0.1) is 12.6 Å². The van der Waals surface area contributed by atoms with E-state index in [0.717, 1.165) is 23.6 Å². The van der Waals surface area contributed by atoms with Crippen LogP contribution >= 0.6 is 0 Å². The van der Waals surface area contributed by atoms with Gasteiger partial charge < -0.3 is 20.1 Å². The van der Waals surface area contributed by atoms with Gasteiger partial charge in [0.25, 0.3) is 0 Å². The van der Waals surface area contributed by atoms with E-state index in [1.807, 2.05) is 42.1 Å². The Morgan fingerprint density at radius 2 is 2.26 bits per heavy atom. The van der Waals surface area contributed by atoms with Crippen LogP contribution in [-0.2, 0) is 17.9 Å². The van der Waals surface area contributed by atoms with Gasteiger partial charge in [-0.2, -0.15) is 5.10 Å². The second-order valence-corrected chi connectivity index (χ2v) is 5.35. The summed E-state index contributed by atoms with van der Waals surface area (Å²) in [4.78, 5) is 12.1. The molecule has 1 amide bonds. The Bertz CT molecular complexity index is 657. The minimum absolute atomic E-state index is 0.0388.